The molecule has 1 aromatic carbocycles. The van der Waals surface area contributed by atoms with Gasteiger partial charge in [0.05, 0.1) is 18.0 Å². The van der Waals surface area contributed by atoms with Crippen LogP contribution in [0.4, 0.5) is 5.69 Å². The molecule has 0 atom stereocenters. The number of halogens is 1. The van der Waals surface area contributed by atoms with Crippen LogP contribution >= 0.6 is 12.4 Å². The Labute approximate surface area is 118 Å². The fourth-order valence-electron chi connectivity index (χ4n) is 1.94. The normalized spacial score (nSPS) is 9.79. The van der Waals surface area contributed by atoms with Crippen LogP contribution in [0.25, 0.3) is 11.3 Å². The molecule has 0 aliphatic rings. The molecule has 1 heterocycles. The molecule has 0 aliphatic heterocycles. The van der Waals surface area contributed by atoms with Crippen molar-refractivity contribution in [3.05, 3.63) is 41.6 Å². The first-order chi connectivity index (χ1) is 8.65. The second-order valence-electron chi connectivity index (χ2n) is 4.00. The lowest BCUT2D eigenvalue weighted by Gasteiger charge is -2.03. The highest BCUT2D eigenvalue weighted by molar-refractivity contribution is 6.00. The summed E-state index contributed by atoms with van der Waals surface area (Å²) in [6.45, 7) is 3.92. The first-order valence-electron chi connectivity index (χ1n) is 5.85. The number of nitrogen functional groups attached to an aromatic ring is 1. The van der Waals surface area contributed by atoms with Crippen LogP contribution in [-0.4, -0.2) is 17.6 Å². The van der Waals surface area contributed by atoms with Crippen molar-refractivity contribution in [2.24, 2.45) is 0 Å². The fourth-order valence-corrected chi connectivity index (χ4v) is 1.94. The van der Waals surface area contributed by atoms with Crippen molar-refractivity contribution in [2.75, 3.05) is 12.3 Å². The standard InChI is InChI=1S/C14H16N2O2.ClH/c1-3-18-14(17)11-9(2)16-13(12(11)15)10-7-5-4-6-8-10;/h4-8,16H,3,15H2,1-2H3;1H. The van der Waals surface area contributed by atoms with Gasteiger partial charge in [-0.05, 0) is 13.8 Å². The first-order valence-corrected chi connectivity index (χ1v) is 5.85. The van der Waals surface area contributed by atoms with Crippen molar-refractivity contribution < 1.29 is 9.53 Å². The van der Waals surface area contributed by atoms with E-state index in [9.17, 15) is 4.79 Å². The van der Waals surface area contributed by atoms with Crippen molar-refractivity contribution in [3.8, 4) is 11.3 Å². The minimum Gasteiger partial charge on any atom is -0.462 e. The molecule has 19 heavy (non-hydrogen) atoms. The van der Waals surface area contributed by atoms with Gasteiger partial charge in [-0.2, -0.15) is 0 Å². The molecule has 0 radical (unpaired) electrons. The quantitative estimate of drug-likeness (QED) is 0.849. The summed E-state index contributed by atoms with van der Waals surface area (Å²) in [4.78, 5) is 15.0. The number of aromatic amines is 1. The maximum atomic E-state index is 11.8. The summed E-state index contributed by atoms with van der Waals surface area (Å²) in [7, 11) is 0. The molecular formula is C14H17ClN2O2. The number of aromatic nitrogens is 1. The van der Waals surface area contributed by atoms with Crippen molar-refractivity contribution in [1.82, 2.24) is 4.98 Å². The summed E-state index contributed by atoms with van der Waals surface area (Å²) in [5.41, 5.74) is 9.34. The maximum Gasteiger partial charge on any atom is 0.342 e. The highest BCUT2D eigenvalue weighted by atomic mass is 35.5. The maximum absolute atomic E-state index is 11.8. The highest BCUT2D eigenvalue weighted by Gasteiger charge is 2.20. The Kier molecular flexibility index (Phi) is 5.01. The molecule has 0 amide bonds. The van der Waals surface area contributed by atoms with Gasteiger partial charge < -0.3 is 15.5 Å². The Morgan fingerprint density at radius 1 is 1.32 bits per heavy atom. The molecule has 5 heteroatoms. The number of nitrogens with one attached hydrogen (secondary N) is 1. The number of carbonyl (C=O) groups excluding carboxylic acids is 1. The number of aryl methyl sites for hydroxylation is 1. The molecule has 4 nitrogen and oxygen atoms in total. The minimum absolute atomic E-state index is 0. The molecule has 0 saturated carbocycles. The monoisotopic (exact) mass is 280 g/mol. The number of hydrogen-bond donors (Lipinski definition) is 2. The molecule has 3 N–H and O–H groups in total. The third kappa shape index (κ3) is 2.90. The third-order valence-electron chi connectivity index (χ3n) is 2.77. The van der Waals surface area contributed by atoms with Crippen LogP contribution < -0.4 is 5.73 Å². The Hall–Kier alpha value is -1.94. The van der Waals surface area contributed by atoms with Crippen LogP contribution in [0, 0.1) is 6.92 Å². The lowest BCUT2D eigenvalue weighted by Crippen LogP contribution is -2.07. The molecule has 0 aliphatic carbocycles. The van der Waals surface area contributed by atoms with Gasteiger partial charge in [0.1, 0.15) is 5.56 Å². The molecule has 0 unspecified atom stereocenters. The van der Waals surface area contributed by atoms with Gasteiger partial charge >= 0.3 is 5.97 Å². The number of H-pyrrole nitrogens is 1. The first kappa shape index (κ1) is 15.1. The van der Waals surface area contributed by atoms with Crippen molar-refractivity contribution in [2.45, 2.75) is 13.8 Å². The molecule has 2 aromatic rings. The van der Waals surface area contributed by atoms with E-state index >= 15 is 0 Å². The largest absolute Gasteiger partial charge is 0.462 e. The number of rotatable bonds is 3. The molecule has 0 spiro atoms. The predicted molar refractivity (Wildman–Crippen MR) is 78.6 cm³/mol. The summed E-state index contributed by atoms with van der Waals surface area (Å²) in [6, 6.07) is 9.67. The Bertz CT molecular complexity index is 564. The lowest BCUT2D eigenvalue weighted by molar-refractivity contribution is 0.0527. The Morgan fingerprint density at radius 2 is 1.95 bits per heavy atom. The van der Waals surface area contributed by atoms with Gasteiger partial charge in [-0.1, -0.05) is 30.3 Å². The highest BCUT2D eigenvalue weighted by Crippen LogP contribution is 2.30. The Balaban J connectivity index is 0.00000180. The third-order valence-corrected chi connectivity index (χ3v) is 2.77. The second-order valence-corrected chi connectivity index (χ2v) is 4.00. The van der Waals surface area contributed by atoms with E-state index in [2.05, 4.69) is 4.98 Å². The zero-order valence-corrected chi connectivity index (χ0v) is 11.7. The second kappa shape index (κ2) is 6.29. The van der Waals surface area contributed by atoms with E-state index in [0.29, 0.717) is 17.9 Å². The van der Waals surface area contributed by atoms with Gasteiger partial charge in [-0.15, -0.1) is 12.4 Å². The SMILES string of the molecule is CCOC(=O)c1c(C)[nH]c(-c2ccccc2)c1N.Cl. The molecule has 102 valence electrons. The molecule has 0 bridgehead atoms. The van der Waals surface area contributed by atoms with Crippen molar-refractivity contribution in [3.63, 3.8) is 0 Å². The fraction of sp³-hybridized carbons (Fsp3) is 0.214. The van der Waals surface area contributed by atoms with Crippen LogP contribution in [-0.2, 0) is 4.74 Å². The zero-order valence-electron chi connectivity index (χ0n) is 10.9. The minimum atomic E-state index is -0.383. The number of benzene rings is 1. The Morgan fingerprint density at radius 3 is 2.53 bits per heavy atom. The molecular weight excluding hydrogens is 264 g/mol. The van der Waals surface area contributed by atoms with Crippen LogP contribution in [0.3, 0.4) is 0 Å². The summed E-state index contributed by atoms with van der Waals surface area (Å²) >= 11 is 0. The van der Waals surface area contributed by atoms with Gasteiger partial charge in [0.25, 0.3) is 0 Å². The van der Waals surface area contributed by atoms with Crippen LogP contribution in [0.2, 0.25) is 0 Å². The van der Waals surface area contributed by atoms with Crippen LogP contribution in [0.15, 0.2) is 30.3 Å². The summed E-state index contributed by atoms with van der Waals surface area (Å²) in [5, 5.41) is 0. The number of carbonyl (C=O) groups is 1. The number of hydrogen-bond acceptors (Lipinski definition) is 3. The molecule has 0 saturated heterocycles. The van der Waals surface area contributed by atoms with Gasteiger partial charge in [-0.25, -0.2) is 4.79 Å². The average Bonchev–Trinajstić information content (AvgIpc) is 2.66. The van der Waals surface area contributed by atoms with Gasteiger partial charge in [0.2, 0.25) is 0 Å². The van der Waals surface area contributed by atoms with Gasteiger partial charge in [-0.3, -0.25) is 0 Å². The topological polar surface area (TPSA) is 68.1 Å². The molecule has 1 aromatic heterocycles. The number of ether oxygens (including phenoxy) is 1. The van der Waals surface area contributed by atoms with E-state index in [-0.39, 0.29) is 18.4 Å². The summed E-state index contributed by atoms with van der Waals surface area (Å²) in [5.74, 6) is -0.383. The van der Waals surface area contributed by atoms with E-state index in [0.717, 1.165) is 17.0 Å². The van der Waals surface area contributed by atoms with Crippen LogP contribution in [0.5, 0.6) is 0 Å². The smallest absolute Gasteiger partial charge is 0.342 e. The van der Waals surface area contributed by atoms with Crippen molar-refractivity contribution >= 4 is 24.1 Å². The van der Waals surface area contributed by atoms with Gasteiger partial charge in [0.15, 0.2) is 0 Å². The van der Waals surface area contributed by atoms with E-state index in [1.165, 1.54) is 0 Å². The van der Waals surface area contributed by atoms with Gasteiger partial charge in [0, 0.05) is 11.3 Å². The summed E-state index contributed by atoms with van der Waals surface area (Å²) < 4.78 is 5.00. The lowest BCUT2D eigenvalue weighted by atomic mass is 10.1. The number of anilines is 1. The molecule has 0 fully saturated rings. The number of esters is 1. The van der Waals surface area contributed by atoms with E-state index in [1.54, 1.807) is 6.92 Å². The average molecular weight is 281 g/mol. The molecule has 2 rings (SSSR count). The predicted octanol–water partition coefficient (Wildman–Crippen LogP) is 3.17. The number of nitrogens with two attached hydrogens (primary N) is 1. The van der Waals surface area contributed by atoms with E-state index < -0.39 is 0 Å². The zero-order chi connectivity index (χ0) is 13.1. The summed E-state index contributed by atoms with van der Waals surface area (Å²) in [6.07, 6.45) is 0. The van der Waals surface area contributed by atoms with Crippen LogP contribution in [0.1, 0.15) is 23.0 Å². The van der Waals surface area contributed by atoms with E-state index in [1.807, 2.05) is 37.3 Å². The van der Waals surface area contributed by atoms with Crippen molar-refractivity contribution in [1.29, 1.82) is 0 Å². The van der Waals surface area contributed by atoms with E-state index in [4.69, 9.17) is 10.5 Å².